The largest absolute Gasteiger partial charge is 0.491 e. The highest BCUT2D eigenvalue weighted by atomic mass is 16.5. The van der Waals surface area contributed by atoms with Gasteiger partial charge in [-0.25, -0.2) is 4.98 Å². The molecule has 2 amide bonds. The van der Waals surface area contributed by atoms with E-state index >= 15 is 0 Å². The van der Waals surface area contributed by atoms with Crippen molar-refractivity contribution in [1.29, 1.82) is 0 Å². The van der Waals surface area contributed by atoms with Gasteiger partial charge >= 0.3 is 0 Å². The predicted octanol–water partition coefficient (Wildman–Crippen LogP) is 3.78. The Bertz CT molecular complexity index is 1240. The van der Waals surface area contributed by atoms with Crippen molar-refractivity contribution in [3.05, 3.63) is 83.9 Å². The molecule has 39 heavy (non-hydrogen) atoms. The van der Waals surface area contributed by atoms with E-state index in [2.05, 4.69) is 58.3 Å². The third-order valence-electron chi connectivity index (χ3n) is 7.16. The monoisotopic (exact) mass is 531 g/mol. The van der Waals surface area contributed by atoms with Crippen molar-refractivity contribution >= 4 is 17.5 Å². The Morgan fingerprint density at radius 2 is 1.92 bits per heavy atom. The summed E-state index contributed by atoms with van der Waals surface area (Å²) < 4.78 is 12.1. The number of fused-ring (bicyclic) bond motifs is 1. The van der Waals surface area contributed by atoms with E-state index in [1.54, 1.807) is 37.3 Å². The van der Waals surface area contributed by atoms with Gasteiger partial charge in [0.2, 0.25) is 0 Å². The lowest BCUT2D eigenvalue weighted by molar-refractivity contribution is 0.0109. The number of anilines is 1. The van der Waals surface area contributed by atoms with E-state index < -0.39 is 5.91 Å². The van der Waals surface area contributed by atoms with Gasteiger partial charge < -0.3 is 19.7 Å². The molecule has 0 bridgehead atoms. The molecule has 2 aromatic carbocycles. The Labute approximate surface area is 230 Å². The number of methoxy groups -OCH3 is 1. The van der Waals surface area contributed by atoms with Gasteiger partial charge in [-0.2, -0.15) is 0 Å². The molecule has 1 aromatic heterocycles. The molecule has 1 N–H and O–H groups in total. The zero-order valence-corrected chi connectivity index (χ0v) is 23.0. The number of carbonyl (C=O) groups excluding carboxylic acids is 2. The summed E-state index contributed by atoms with van der Waals surface area (Å²) in [5.74, 6) is 0.0551. The Hall–Kier alpha value is -3.82. The summed E-state index contributed by atoms with van der Waals surface area (Å²) in [6.07, 6.45) is 5.16. The van der Waals surface area contributed by atoms with Crippen LogP contribution >= 0.6 is 0 Å². The molecule has 0 saturated heterocycles. The van der Waals surface area contributed by atoms with Gasteiger partial charge in [-0.05, 0) is 37.0 Å². The van der Waals surface area contributed by atoms with E-state index in [0.717, 1.165) is 19.5 Å². The van der Waals surface area contributed by atoms with Crippen molar-refractivity contribution in [1.82, 2.24) is 19.8 Å². The number of nitrogens with one attached hydrogen (secondary N) is 1. The molecule has 0 aliphatic carbocycles. The molecule has 0 saturated carbocycles. The summed E-state index contributed by atoms with van der Waals surface area (Å²) in [5, 5.41) is 2.82. The summed E-state index contributed by atoms with van der Waals surface area (Å²) in [6, 6.07) is 15.6. The third kappa shape index (κ3) is 7.40. The standard InChI is InChI=1S/C30H37N5O4/c1-21-18-35(15-12-23-8-6-5-7-9-23)22(2)20-39-27-16-24(33-29(36)26-17-31-13-14-32-26)10-11-25(27)30(37)34(3)19-28(21)38-4/h5-11,13-14,16-17,21-22,28H,12,15,18-20H2,1-4H3,(H,33,36)/t21-,22-,28-/m1/s1. The maximum absolute atomic E-state index is 13.5. The van der Waals surface area contributed by atoms with Crippen LogP contribution in [0.4, 0.5) is 5.69 Å². The van der Waals surface area contributed by atoms with Crippen LogP contribution in [-0.2, 0) is 11.2 Å². The van der Waals surface area contributed by atoms with E-state index in [1.165, 1.54) is 24.2 Å². The highest BCUT2D eigenvalue weighted by molar-refractivity contribution is 6.03. The number of nitrogens with zero attached hydrogens (tertiary/aromatic N) is 4. The van der Waals surface area contributed by atoms with Gasteiger partial charge in [-0.1, -0.05) is 37.3 Å². The zero-order chi connectivity index (χ0) is 27.8. The van der Waals surface area contributed by atoms with Crippen LogP contribution in [0.2, 0.25) is 0 Å². The van der Waals surface area contributed by atoms with Gasteiger partial charge in [0.05, 0.1) is 17.9 Å². The van der Waals surface area contributed by atoms with Crippen molar-refractivity contribution in [3.63, 3.8) is 0 Å². The van der Waals surface area contributed by atoms with Crippen molar-refractivity contribution in [2.24, 2.45) is 5.92 Å². The second kappa shape index (κ2) is 13.3. The van der Waals surface area contributed by atoms with Gasteiger partial charge in [0.15, 0.2) is 0 Å². The minimum atomic E-state index is -0.392. The van der Waals surface area contributed by atoms with Crippen LogP contribution in [0.25, 0.3) is 0 Å². The molecular weight excluding hydrogens is 494 g/mol. The molecule has 4 rings (SSSR count). The number of rotatable bonds is 6. The molecular formula is C30H37N5O4. The molecule has 3 atom stereocenters. The molecule has 0 spiro atoms. The molecule has 2 heterocycles. The van der Waals surface area contributed by atoms with E-state index in [4.69, 9.17) is 9.47 Å². The van der Waals surface area contributed by atoms with Gasteiger partial charge in [-0.15, -0.1) is 0 Å². The fourth-order valence-electron chi connectivity index (χ4n) is 4.77. The highest BCUT2D eigenvalue weighted by Crippen LogP contribution is 2.27. The van der Waals surface area contributed by atoms with Gasteiger partial charge in [-0.3, -0.25) is 19.5 Å². The number of hydrogen-bond acceptors (Lipinski definition) is 7. The first-order chi connectivity index (χ1) is 18.9. The summed E-state index contributed by atoms with van der Waals surface area (Å²) in [4.78, 5) is 38.2. The quantitative estimate of drug-likeness (QED) is 0.517. The first-order valence-electron chi connectivity index (χ1n) is 13.3. The van der Waals surface area contributed by atoms with Crippen molar-refractivity contribution in [3.8, 4) is 5.75 Å². The zero-order valence-electron chi connectivity index (χ0n) is 23.0. The summed E-state index contributed by atoms with van der Waals surface area (Å²) >= 11 is 0. The predicted molar refractivity (Wildman–Crippen MR) is 150 cm³/mol. The van der Waals surface area contributed by atoms with Crippen LogP contribution in [0.1, 0.15) is 40.3 Å². The minimum Gasteiger partial charge on any atom is -0.491 e. The lowest BCUT2D eigenvalue weighted by Crippen LogP contribution is -2.47. The second-order valence-electron chi connectivity index (χ2n) is 10.1. The van der Waals surface area contributed by atoms with Crippen LogP contribution in [-0.4, -0.2) is 84.1 Å². The van der Waals surface area contributed by atoms with Crippen LogP contribution in [0, 0.1) is 5.92 Å². The lowest BCUT2D eigenvalue weighted by Gasteiger charge is -2.36. The Kier molecular flexibility index (Phi) is 9.62. The summed E-state index contributed by atoms with van der Waals surface area (Å²) in [5.41, 5.74) is 2.42. The second-order valence-corrected chi connectivity index (χ2v) is 10.1. The lowest BCUT2D eigenvalue weighted by atomic mass is 10.0. The third-order valence-corrected chi connectivity index (χ3v) is 7.16. The number of ether oxygens (including phenoxy) is 2. The molecule has 1 aliphatic heterocycles. The van der Waals surface area contributed by atoms with E-state index in [9.17, 15) is 9.59 Å². The van der Waals surface area contributed by atoms with Gasteiger partial charge in [0, 0.05) is 64.0 Å². The van der Waals surface area contributed by atoms with Crippen molar-refractivity contribution < 1.29 is 19.1 Å². The molecule has 9 heteroatoms. The maximum atomic E-state index is 13.5. The molecule has 3 aromatic rings. The van der Waals surface area contributed by atoms with E-state index in [1.807, 2.05) is 6.07 Å². The molecule has 0 unspecified atom stereocenters. The normalized spacial score (nSPS) is 20.8. The summed E-state index contributed by atoms with van der Waals surface area (Å²) in [7, 11) is 3.47. The Balaban J connectivity index is 1.59. The average molecular weight is 532 g/mol. The topological polar surface area (TPSA) is 96.9 Å². The molecule has 1 aliphatic rings. The number of hydrogen-bond donors (Lipinski definition) is 1. The number of carbonyl (C=O) groups is 2. The fraction of sp³-hybridized carbons (Fsp3) is 0.400. The van der Waals surface area contributed by atoms with Crippen LogP contribution in [0.15, 0.2) is 67.1 Å². The summed E-state index contributed by atoms with van der Waals surface area (Å²) in [6.45, 7) is 6.80. The maximum Gasteiger partial charge on any atom is 0.275 e. The number of likely N-dealkylation sites (N-methyl/N-ethyl adjacent to an activating group) is 1. The number of benzene rings is 2. The van der Waals surface area contributed by atoms with Crippen LogP contribution in [0.3, 0.4) is 0 Å². The van der Waals surface area contributed by atoms with Crippen molar-refractivity contribution in [2.45, 2.75) is 32.4 Å². The average Bonchev–Trinajstić information content (AvgIpc) is 2.96. The van der Waals surface area contributed by atoms with Crippen molar-refractivity contribution in [2.75, 3.05) is 45.7 Å². The van der Waals surface area contributed by atoms with Crippen LogP contribution < -0.4 is 10.1 Å². The number of amides is 2. The molecule has 206 valence electrons. The van der Waals surface area contributed by atoms with Crippen LogP contribution in [0.5, 0.6) is 5.75 Å². The Morgan fingerprint density at radius 1 is 1.13 bits per heavy atom. The SMILES string of the molecule is CO[C@@H]1CN(C)C(=O)c2ccc(NC(=O)c3cnccn3)cc2OC[C@@H](C)N(CCc2ccccc2)C[C@H]1C. The molecule has 9 nitrogen and oxygen atoms in total. The molecule has 0 radical (unpaired) electrons. The van der Waals surface area contributed by atoms with Gasteiger partial charge in [0.25, 0.3) is 11.8 Å². The highest BCUT2D eigenvalue weighted by Gasteiger charge is 2.28. The molecule has 0 fully saturated rings. The van der Waals surface area contributed by atoms with Gasteiger partial charge in [0.1, 0.15) is 18.1 Å². The smallest absolute Gasteiger partial charge is 0.275 e. The number of aromatic nitrogens is 2. The first kappa shape index (κ1) is 28.2. The first-order valence-corrected chi connectivity index (χ1v) is 13.3. The fourth-order valence-corrected chi connectivity index (χ4v) is 4.77. The van der Waals surface area contributed by atoms with E-state index in [0.29, 0.717) is 30.2 Å². The Morgan fingerprint density at radius 3 is 2.64 bits per heavy atom. The minimum absolute atomic E-state index is 0.0756. The van der Waals surface area contributed by atoms with E-state index in [-0.39, 0.29) is 29.7 Å².